The largest absolute Gasteiger partial charge is 0.356 e. The van der Waals surface area contributed by atoms with Crippen LogP contribution in [0.4, 0.5) is 4.39 Å². The van der Waals surface area contributed by atoms with Gasteiger partial charge in [-0.15, -0.1) is 0 Å². The first kappa shape index (κ1) is 16.2. The van der Waals surface area contributed by atoms with Gasteiger partial charge in [0.15, 0.2) is 5.96 Å². The maximum atomic E-state index is 12.9. The Kier molecular flexibility index (Phi) is 5.46. The van der Waals surface area contributed by atoms with Gasteiger partial charge in [-0.05, 0) is 24.1 Å². The fourth-order valence-corrected chi connectivity index (χ4v) is 3.33. The standard InChI is InChI=1S/C17H26FN5/c1-19-17(20-7-6-14-2-4-15(18)5-3-14)21-12-16-13-22-8-10-23(16)11-9-22/h2-5,16H,6-13H2,1H3,(H2,19,20,21). The molecule has 0 aliphatic carbocycles. The lowest BCUT2D eigenvalue weighted by Gasteiger charge is -2.47. The van der Waals surface area contributed by atoms with Crippen molar-refractivity contribution in [2.45, 2.75) is 12.5 Å². The Balaban J connectivity index is 1.39. The fraction of sp³-hybridized carbons (Fsp3) is 0.588. The minimum atomic E-state index is -0.188. The fourth-order valence-electron chi connectivity index (χ4n) is 3.33. The number of halogens is 1. The van der Waals surface area contributed by atoms with Crippen molar-refractivity contribution in [2.24, 2.45) is 4.99 Å². The molecule has 126 valence electrons. The minimum Gasteiger partial charge on any atom is -0.356 e. The van der Waals surface area contributed by atoms with Crippen molar-refractivity contribution in [1.29, 1.82) is 0 Å². The lowest BCUT2D eigenvalue weighted by Crippen LogP contribution is -2.63. The molecule has 4 rings (SSSR count). The molecule has 6 heteroatoms. The van der Waals surface area contributed by atoms with Gasteiger partial charge in [0.05, 0.1) is 0 Å². The summed E-state index contributed by atoms with van der Waals surface area (Å²) in [5.41, 5.74) is 1.12. The van der Waals surface area contributed by atoms with Crippen LogP contribution in [0.5, 0.6) is 0 Å². The molecule has 0 saturated carbocycles. The first-order valence-corrected chi connectivity index (χ1v) is 8.40. The predicted octanol–water partition coefficient (Wildman–Crippen LogP) is 0.533. The third kappa shape index (κ3) is 4.42. The van der Waals surface area contributed by atoms with E-state index in [4.69, 9.17) is 0 Å². The number of benzene rings is 1. The first-order valence-electron chi connectivity index (χ1n) is 8.40. The molecule has 2 bridgehead atoms. The number of nitrogens with zero attached hydrogens (tertiary/aromatic N) is 3. The van der Waals surface area contributed by atoms with Crippen LogP contribution in [0.25, 0.3) is 0 Å². The van der Waals surface area contributed by atoms with Gasteiger partial charge in [0.2, 0.25) is 0 Å². The summed E-state index contributed by atoms with van der Waals surface area (Å²) >= 11 is 0. The molecule has 1 aromatic rings. The van der Waals surface area contributed by atoms with E-state index in [1.54, 1.807) is 7.05 Å². The molecule has 1 aromatic carbocycles. The van der Waals surface area contributed by atoms with Gasteiger partial charge in [-0.1, -0.05) is 12.1 Å². The third-order valence-corrected chi connectivity index (χ3v) is 4.74. The van der Waals surface area contributed by atoms with E-state index >= 15 is 0 Å². The van der Waals surface area contributed by atoms with Gasteiger partial charge in [0.25, 0.3) is 0 Å². The SMILES string of the molecule is CN=C(NCCc1ccc(F)cc1)NCC1CN2CCN1CC2. The number of nitrogens with one attached hydrogen (secondary N) is 2. The Morgan fingerprint density at radius 2 is 1.91 bits per heavy atom. The second kappa shape index (κ2) is 7.75. The van der Waals surface area contributed by atoms with Crippen LogP contribution in [0, 0.1) is 5.82 Å². The Morgan fingerprint density at radius 1 is 1.17 bits per heavy atom. The highest BCUT2D eigenvalue weighted by Crippen LogP contribution is 2.14. The summed E-state index contributed by atoms with van der Waals surface area (Å²) in [6, 6.07) is 7.24. The van der Waals surface area contributed by atoms with Gasteiger partial charge < -0.3 is 10.6 Å². The van der Waals surface area contributed by atoms with Crippen molar-refractivity contribution in [3.8, 4) is 0 Å². The lowest BCUT2D eigenvalue weighted by atomic mass is 10.1. The van der Waals surface area contributed by atoms with E-state index in [2.05, 4.69) is 25.4 Å². The lowest BCUT2D eigenvalue weighted by molar-refractivity contribution is 0.0154. The van der Waals surface area contributed by atoms with Crippen LogP contribution in [0.3, 0.4) is 0 Å². The number of fused-ring (bicyclic) bond motifs is 3. The average molecular weight is 319 g/mol. The highest BCUT2D eigenvalue weighted by molar-refractivity contribution is 5.79. The zero-order valence-electron chi connectivity index (χ0n) is 13.8. The summed E-state index contributed by atoms with van der Waals surface area (Å²) in [6.07, 6.45) is 0.851. The number of hydrogen-bond donors (Lipinski definition) is 2. The third-order valence-electron chi connectivity index (χ3n) is 4.74. The number of rotatable bonds is 5. The molecule has 23 heavy (non-hydrogen) atoms. The maximum Gasteiger partial charge on any atom is 0.191 e. The second-order valence-corrected chi connectivity index (χ2v) is 6.25. The van der Waals surface area contributed by atoms with E-state index in [1.165, 1.54) is 38.3 Å². The first-order chi connectivity index (χ1) is 11.2. The van der Waals surface area contributed by atoms with Gasteiger partial charge in [0.1, 0.15) is 5.82 Å². The van der Waals surface area contributed by atoms with Crippen LogP contribution in [-0.2, 0) is 6.42 Å². The molecular weight excluding hydrogens is 293 g/mol. The van der Waals surface area contributed by atoms with Crippen LogP contribution in [0.15, 0.2) is 29.3 Å². The molecule has 3 saturated heterocycles. The zero-order chi connectivity index (χ0) is 16.1. The highest BCUT2D eigenvalue weighted by atomic mass is 19.1. The zero-order valence-corrected chi connectivity index (χ0v) is 13.8. The van der Waals surface area contributed by atoms with Crippen molar-refractivity contribution in [1.82, 2.24) is 20.4 Å². The summed E-state index contributed by atoms with van der Waals surface area (Å²) in [4.78, 5) is 9.39. The molecular formula is C17H26FN5. The molecule has 0 radical (unpaired) electrons. The Morgan fingerprint density at radius 3 is 2.52 bits per heavy atom. The molecule has 1 unspecified atom stereocenters. The summed E-state index contributed by atoms with van der Waals surface area (Å²) in [6.45, 7) is 7.65. The second-order valence-electron chi connectivity index (χ2n) is 6.25. The quantitative estimate of drug-likeness (QED) is 0.614. The molecule has 2 N–H and O–H groups in total. The van der Waals surface area contributed by atoms with Crippen LogP contribution >= 0.6 is 0 Å². The Labute approximate surface area is 137 Å². The number of piperazine rings is 3. The smallest absolute Gasteiger partial charge is 0.191 e. The van der Waals surface area contributed by atoms with E-state index < -0.39 is 0 Å². The molecule has 0 amide bonds. The van der Waals surface area contributed by atoms with E-state index in [1.807, 2.05) is 12.1 Å². The molecule has 0 aromatic heterocycles. The van der Waals surface area contributed by atoms with Crippen molar-refractivity contribution >= 4 is 5.96 Å². The van der Waals surface area contributed by atoms with Crippen LogP contribution < -0.4 is 10.6 Å². The molecule has 3 aliphatic heterocycles. The average Bonchev–Trinajstić information content (AvgIpc) is 2.60. The summed E-state index contributed by atoms with van der Waals surface area (Å²) < 4.78 is 12.9. The number of guanidine groups is 1. The van der Waals surface area contributed by atoms with Crippen molar-refractivity contribution in [2.75, 3.05) is 52.9 Å². The summed E-state index contributed by atoms with van der Waals surface area (Å²) in [5.74, 6) is 0.650. The monoisotopic (exact) mass is 319 g/mol. The van der Waals surface area contributed by atoms with Crippen molar-refractivity contribution < 1.29 is 4.39 Å². The Hall–Kier alpha value is -1.66. The molecule has 3 aliphatic rings. The number of aliphatic imine (C=N–C) groups is 1. The molecule has 5 nitrogen and oxygen atoms in total. The predicted molar refractivity (Wildman–Crippen MR) is 91.3 cm³/mol. The molecule has 1 atom stereocenters. The number of hydrogen-bond acceptors (Lipinski definition) is 3. The van der Waals surface area contributed by atoms with E-state index in [9.17, 15) is 4.39 Å². The van der Waals surface area contributed by atoms with E-state index in [-0.39, 0.29) is 5.82 Å². The van der Waals surface area contributed by atoms with Crippen LogP contribution in [0.2, 0.25) is 0 Å². The summed E-state index contributed by atoms with van der Waals surface area (Å²) in [7, 11) is 1.80. The molecule has 0 spiro atoms. The molecule has 3 heterocycles. The summed E-state index contributed by atoms with van der Waals surface area (Å²) in [5, 5.41) is 6.76. The van der Waals surface area contributed by atoms with E-state index in [0.717, 1.165) is 37.6 Å². The normalized spacial score (nSPS) is 27.0. The van der Waals surface area contributed by atoms with Crippen molar-refractivity contribution in [3.63, 3.8) is 0 Å². The van der Waals surface area contributed by atoms with E-state index in [0.29, 0.717) is 6.04 Å². The van der Waals surface area contributed by atoms with Crippen LogP contribution in [0.1, 0.15) is 5.56 Å². The van der Waals surface area contributed by atoms with Gasteiger partial charge >= 0.3 is 0 Å². The van der Waals surface area contributed by atoms with Gasteiger partial charge in [-0.3, -0.25) is 14.8 Å². The van der Waals surface area contributed by atoms with Gasteiger partial charge in [0, 0.05) is 58.9 Å². The highest BCUT2D eigenvalue weighted by Gasteiger charge is 2.31. The van der Waals surface area contributed by atoms with Gasteiger partial charge in [-0.2, -0.15) is 0 Å². The van der Waals surface area contributed by atoms with Crippen molar-refractivity contribution in [3.05, 3.63) is 35.6 Å². The molecule has 3 fully saturated rings. The maximum absolute atomic E-state index is 12.9. The topological polar surface area (TPSA) is 42.9 Å². The Bertz CT molecular complexity index is 522. The van der Waals surface area contributed by atoms with Crippen LogP contribution in [-0.4, -0.2) is 74.7 Å². The van der Waals surface area contributed by atoms with Gasteiger partial charge in [-0.25, -0.2) is 4.39 Å². The minimum absolute atomic E-state index is 0.188.